The average Bonchev–Trinajstić information content (AvgIpc) is 3.12. The zero-order chi connectivity index (χ0) is 20.3. The van der Waals surface area contributed by atoms with Gasteiger partial charge >= 0.3 is 0 Å². The summed E-state index contributed by atoms with van der Waals surface area (Å²) >= 11 is 0. The van der Waals surface area contributed by atoms with Crippen LogP contribution in [0.25, 0.3) is 0 Å². The van der Waals surface area contributed by atoms with Crippen LogP contribution in [-0.2, 0) is 19.6 Å². The fourth-order valence-corrected chi connectivity index (χ4v) is 4.92. The normalized spacial score (nSPS) is 16.9. The van der Waals surface area contributed by atoms with Gasteiger partial charge in [0, 0.05) is 18.7 Å². The molecule has 0 N–H and O–H groups in total. The summed E-state index contributed by atoms with van der Waals surface area (Å²) in [6.45, 7) is 2.14. The van der Waals surface area contributed by atoms with Crippen LogP contribution in [0.3, 0.4) is 0 Å². The summed E-state index contributed by atoms with van der Waals surface area (Å²) in [5, 5.41) is 0. The molecule has 7 nitrogen and oxygen atoms in total. The van der Waals surface area contributed by atoms with Crippen molar-refractivity contribution in [3.63, 3.8) is 0 Å². The second-order valence-electron chi connectivity index (χ2n) is 6.34. The fraction of sp³-hybridized carbons (Fsp3) is 0.300. The Morgan fingerprint density at radius 1 is 1.14 bits per heavy atom. The van der Waals surface area contributed by atoms with Crippen LogP contribution in [0.2, 0.25) is 0 Å². The summed E-state index contributed by atoms with van der Waals surface area (Å²) in [5.41, 5.74) is 0.615. The van der Waals surface area contributed by atoms with E-state index in [-0.39, 0.29) is 17.7 Å². The number of carbonyl (C=O) groups is 2. The van der Waals surface area contributed by atoms with Crippen LogP contribution in [0, 0.1) is 0 Å². The van der Waals surface area contributed by atoms with Crippen LogP contribution < -0.4 is 9.64 Å². The van der Waals surface area contributed by atoms with Gasteiger partial charge in [-0.05, 0) is 49.7 Å². The maximum atomic E-state index is 13.2. The number of ether oxygens (including phenoxy) is 1. The summed E-state index contributed by atoms with van der Waals surface area (Å²) in [6, 6.07) is 13.6. The maximum Gasteiger partial charge on any atom is 0.267 e. The van der Waals surface area contributed by atoms with E-state index in [1.807, 2.05) is 0 Å². The summed E-state index contributed by atoms with van der Waals surface area (Å²) in [4.78, 5) is 27.1. The number of benzene rings is 2. The Balaban J connectivity index is 1.93. The van der Waals surface area contributed by atoms with Crippen molar-refractivity contribution in [1.29, 1.82) is 0 Å². The Labute approximate surface area is 164 Å². The van der Waals surface area contributed by atoms with Crippen molar-refractivity contribution in [3.8, 4) is 5.75 Å². The van der Waals surface area contributed by atoms with Crippen molar-refractivity contribution in [2.24, 2.45) is 0 Å². The number of methoxy groups -OCH3 is 1. The molecule has 2 amide bonds. The van der Waals surface area contributed by atoms with Crippen molar-refractivity contribution < 1.29 is 22.7 Å². The monoisotopic (exact) mass is 402 g/mol. The first-order chi connectivity index (χ1) is 13.4. The molecule has 0 spiro atoms. The van der Waals surface area contributed by atoms with Crippen molar-refractivity contribution in [2.45, 2.75) is 30.7 Å². The predicted octanol–water partition coefficient (Wildman–Crippen LogP) is 2.43. The topological polar surface area (TPSA) is 84.0 Å². The minimum Gasteiger partial charge on any atom is -0.497 e. The molecular formula is C20H22N2O5S. The molecule has 0 aliphatic carbocycles. The van der Waals surface area contributed by atoms with Crippen LogP contribution in [0.15, 0.2) is 59.5 Å². The molecule has 1 aliphatic heterocycles. The Bertz CT molecular complexity index is 958. The molecule has 1 saturated heterocycles. The van der Waals surface area contributed by atoms with Gasteiger partial charge in [0.1, 0.15) is 11.8 Å². The standard InChI is InChI=1S/C20H22N2O5S/c1-3-21(15-9-11-16(27-2)12-10-15)20(24)18-13-14-19(23)22(18)28(25,26)17-7-5-4-6-8-17/h4-12,18H,3,13-14H2,1-2H3. The van der Waals surface area contributed by atoms with Gasteiger partial charge in [-0.1, -0.05) is 18.2 Å². The van der Waals surface area contributed by atoms with Gasteiger partial charge in [0.05, 0.1) is 12.0 Å². The minimum absolute atomic E-state index is 0.00412. The number of amides is 2. The lowest BCUT2D eigenvalue weighted by Crippen LogP contribution is -2.49. The molecule has 1 aliphatic rings. The Kier molecular flexibility index (Phi) is 5.69. The highest BCUT2D eigenvalue weighted by molar-refractivity contribution is 7.89. The third-order valence-corrected chi connectivity index (χ3v) is 6.56. The van der Waals surface area contributed by atoms with Gasteiger partial charge in [0.25, 0.3) is 15.9 Å². The van der Waals surface area contributed by atoms with Gasteiger partial charge in [0.2, 0.25) is 5.91 Å². The molecular weight excluding hydrogens is 380 g/mol. The number of carbonyl (C=O) groups excluding carboxylic acids is 2. The highest BCUT2D eigenvalue weighted by atomic mass is 32.2. The predicted molar refractivity (Wildman–Crippen MR) is 105 cm³/mol. The highest BCUT2D eigenvalue weighted by Crippen LogP contribution is 2.30. The number of hydrogen-bond acceptors (Lipinski definition) is 5. The van der Waals surface area contributed by atoms with Gasteiger partial charge in [-0.15, -0.1) is 0 Å². The molecule has 0 bridgehead atoms. The third-order valence-electron chi connectivity index (χ3n) is 4.71. The summed E-state index contributed by atoms with van der Waals surface area (Å²) in [6.07, 6.45) is 0.180. The van der Waals surface area contributed by atoms with Crippen LogP contribution >= 0.6 is 0 Å². The number of likely N-dealkylation sites (N-methyl/N-ethyl adjacent to an activating group) is 1. The first kappa shape index (κ1) is 19.9. The third kappa shape index (κ3) is 3.60. The Morgan fingerprint density at radius 3 is 2.36 bits per heavy atom. The van der Waals surface area contributed by atoms with E-state index in [0.29, 0.717) is 18.0 Å². The average molecular weight is 402 g/mol. The summed E-state index contributed by atoms with van der Waals surface area (Å²) in [7, 11) is -2.55. The van der Waals surface area contributed by atoms with E-state index in [0.717, 1.165) is 4.31 Å². The summed E-state index contributed by atoms with van der Waals surface area (Å²) < 4.78 is 31.9. The lowest BCUT2D eigenvalue weighted by Gasteiger charge is -2.29. The Hall–Kier alpha value is -2.87. The smallest absolute Gasteiger partial charge is 0.267 e. The lowest BCUT2D eigenvalue weighted by molar-refractivity contribution is -0.129. The van der Waals surface area contributed by atoms with Gasteiger partial charge in [0.15, 0.2) is 0 Å². The highest BCUT2D eigenvalue weighted by Gasteiger charge is 2.45. The first-order valence-corrected chi connectivity index (χ1v) is 10.4. The molecule has 2 aromatic carbocycles. The van der Waals surface area contributed by atoms with Crippen molar-refractivity contribution >= 4 is 27.5 Å². The first-order valence-electron chi connectivity index (χ1n) is 8.98. The molecule has 0 saturated carbocycles. The number of nitrogens with zero attached hydrogens (tertiary/aromatic N) is 2. The number of sulfonamides is 1. The van der Waals surface area contributed by atoms with Crippen LogP contribution in [-0.4, -0.2) is 44.2 Å². The number of hydrogen-bond donors (Lipinski definition) is 0. The molecule has 0 radical (unpaired) electrons. The quantitative estimate of drug-likeness (QED) is 0.741. The van der Waals surface area contributed by atoms with E-state index in [4.69, 9.17) is 4.74 Å². The molecule has 1 unspecified atom stereocenters. The molecule has 28 heavy (non-hydrogen) atoms. The molecule has 3 rings (SSSR count). The van der Waals surface area contributed by atoms with E-state index in [1.165, 1.54) is 17.0 Å². The maximum absolute atomic E-state index is 13.2. The van der Waals surface area contributed by atoms with E-state index in [9.17, 15) is 18.0 Å². The molecule has 1 heterocycles. The van der Waals surface area contributed by atoms with Crippen molar-refractivity contribution in [2.75, 3.05) is 18.6 Å². The number of rotatable bonds is 6. The van der Waals surface area contributed by atoms with E-state index >= 15 is 0 Å². The summed E-state index contributed by atoms with van der Waals surface area (Å²) in [5.74, 6) is -0.331. The molecule has 2 aromatic rings. The van der Waals surface area contributed by atoms with Crippen LogP contribution in [0.4, 0.5) is 5.69 Å². The zero-order valence-corrected chi connectivity index (χ0v) is 16.6. The lowest BCUT2D eigenvalue weighted by atomic mass is 10.2. The largest absolute Gasteiger partial charge is 0.497 e. The van der Waals surface area contributed by atoms with E-state index in [1.54, 1.807) is 56.5 Å². The van der Waals surface area contributed by atoms with Gasteiger partial charge in [-0.2, -0.15) is 0 Å². The van der Waals surface area contributed by atoms with Crippen molar-refractivity contribution in [3.05, 3.63) is 54.6 Å². The second kappa shape index (κ2) is 8.02. The van der Waals surface area contributed by atoms with Gasteiger partial charge in [-0.25, -0.2) is 12.7 Å². The van der Waals surface area contributed by atoms with Gasteiger partial charge < -0.3 is 9.64 Å². The molecule has 1 fully saturated rings. The van der Waals surface area contributed by atoms with Crippen LogP contribution in [0.1, 0.15) is 19.8 Å². The molecule has 1 atom stereocenters. The molecule has 8 heteroatoms. The molecule has 0 aromatic heterocycles. The number of anilines is 1. The van der Waals surface area contributed by atoms with E-state index < -0.39 is 27.9 Å². The minimum atomic E-state index is -4.10. The SMILES string of the molecule is CCN(C(=O)C1CCC(=O)N1S(=O)(=O)c1ccccc1)c1ccc(OC)cc1. The fourth-order valence-electron chi connectivity index (χ4n) is 3.30. The van der Waals surface area contributed by atoms with Crippen molar-refractivity contribution in [1.82, 2.24) is 4.31 Å². The zero-order valence-electron chi connectivity index (χ0n) is 15.7. The Morgan fingerprint density at radius 2 is 1.79 bits per heavy atom. The second-order valence-corrected chi connectivity index (χ2v) is 8.16. The van der Waals surface area contributed by atoms with Gasteiger partial charge in [-0.3, -0.25) is 9.59 Å². The molecule has 148 valence electrons. The van der Waals surface area contributed by atoms with Crippen LogP contribution in [0.5, 0.6) is 5.75 Å². The van der Waals surface area contributed by atoms with E-state index in [2.05, 4.69) is 0 Å².